The van der Waals surface area contributed by atoms with Crippen molar-refractivity contribution < 1.29 is 19.6 Å². The minimum absolute atomic E-state index is 0.210. The number of anilines is 1. The second-order valence-corrected chi connectivity index (χ2v) is 5.51. The minimum Gasteiger partial charge on any atom is -0.868 e. The van der Waals surface area contributed by atoms with Gasteiger partial charge in [0, 0.05) is 22.3 Å². The predicted molar refractivity (Wildman–Crippen MR) is 93.1 cm³/mol. The molecule has 2 aromatic rings. The van der Waals surface area contributed by atoms with Crippen molar-refractivity contribution in [2.45, 2.75) is 6.92 Å². The summed E-state index contributed by atoms with van der Waals surface area (Å²) in [5.41, 5.74) is 2.73. The second-order valence-electron chi connectivity index (χ2n) is 5.10. The molecule has 10 heteroatoms. The monoisotopic (exact) mass is 375 g/mol. The third kappa shape index (κ3) is 4.77. The van der Waals surface area contributed by atoms with Crippen molar-refractivity contribution in [3.8, 4) is 5.75 Å². The summed E-state index contributed by atoms with van der Waals surface area (Å²) < 4.78 is 0. The Morgan fingerprint density at radius 2 is 1.92 bits per heavy atom. The van der Waals surface area contributed by atoms with E-state index in [1.807, 2.05) is 5.43 Å². The highest BCUT2D eigenvalue weighted by atomic mass is 35.5. The van der Waals surface area contributed by atoms with Crippen LogP contribution in [0.2, 0.25) is 5.02 Å². The van der Waals surface area contributed by atoms with Crippen LogP contribution in [0, 0.1) is 17.0 Å². The van der Waals surface area contributed by atoms with E-state index in [4.69, 9.17) is 11.6 Å². The molecule has 0 unspecified atom stereocenters. The third-order valence-corrected chi connectivity index (χ3v) is 3.60. The standard InChI is InChI=1S/C16H13ClN4O5/c1-9-2-4-11(7-12(9)17)19-15(23)16(24)20-18-8-10-3-5-14(22)13(6-10)21(25)26/h2-8,22H,1H3,(H,19,23)(H,20,24)/p-1/b18-8-. The normalized spacial score (nSPS) is 10.5. The summed E-state index contributed by atoms with van der Waals surface area (Å²) in [5, 5.41) is 28.3. The lowest BCUT2D eigenvalue weighted by atomic mass is 10.2. The Morgan fingerprint density at radius 1 is 1.19 bits per heavy atom. The molecule has 2 rings (SSSR count). The highest BCUT2D eigenvalue weighted by Crippen LogP contribution is 2.23. The number of rotatable bonds is 4. The fourth-order valence-electron chi connectivity index (χ4n) is 1.83. The molecule has 2 N–H and O–H groups in total. The Bertz CT molecular complexity index is 914. The number of halogens is 1. The Labute approximate surface area is 152 Å². The Balaban J connectivity index is 1.98. The lowest BCUT2D eigenvalue weighted by molar-refractivity contribution is -0.398. The van der Waals surface area contributed by atoms with Crippen molar-refractivity contribution in [1.29, 1.82) is 0 Å². The number of carbonyl (C=O) groups is 2. The van der Waals surface area contributed by atoms with Crippen LogP contribution in [0.25, 0.3) is 0 Å². The Hall–Kier alpha value is -3.46. The minimum atomic E-state index is -1.05. The number of nitro groups is 1. The molecule has 0 aliphatic rings. The lowest BCUT2D eigenvalue weighted by Crippen LogP contribution is -2.32. The van der Waals surface area contributed by atoms with Crippen LogP contribution in [0.4, 0.5) is 11.4 Å². The van der Waals surface area contributed by atoms with Gasteiger partial charge in [-0.3, -0.25) is 19.7 Å². The third-order valence-electron chi connectivity index (χ3n) is 3.20. The highest BCUT2D eigenvalue weighted by Gasteiger charge is 2.13. The van der Waals surface area contributed by atoms with E-state index in [1.54, 1.807) is 19.1 Å². The van der Waals surface area contributed by atoms with Gasteiger partial charge in [-0.05, 0) is 30.4 Å². The first-order valence-corrected chi connectivity index (χ1v) is 7.51. The largest absolute Gasteiger partial charge is 0.868 e. The molecular formula is C16H12ClN4O5-. The number of amides is 2. The number of aryl methyl sites for hydroxylation is 1. The zero-order valence-electron chi connectivity index (χ0n) is 13.4. The van der Waals surface area contributed by atoms with E-state index in [0.29, 0.717) is 10.7 Å². The maximum atomic E-state index is 11.8. The average Bonchev–Trinajstić information content (AvgIpc) is 2.59. The van der Waals surface area contributed by atoms with Gasteiger partial charge in [0.2, 0.25) is 0 Å². The van der Waals surface area contributed by atoms with Gasteiger partial charge in [-0.15, -0.1) is 0 Å². The molecule has 0 atom stereocenters. The van der Waals surface area contributed by atoms with Gasteiger partial charge >= 0.3 is 11.8 Å². The summed E-state index contributed by atoms with van der Waals surface area (Å²) in [6.45, 7) is 1.79. The van der Waals surface area contributed by atoms with Gasteiger partial charge < -0.3 is 10.4 Å². The summed E-state index contributed by atoms with van der Waals surface area (Å²) >= 11 is 5.93. The number of nitro benzene ring substituents is 1. The first-order valence-electron chi connectivity index (χ1n) is 7.14. The van der Waals surface area contributed by atoms with Crippen molar-refractivity contribution in [3.05, 3.63) is 62.7 Å². The molecule has 2 aromatic carbocycles. The fourth-order valence-corrected chi connectivity index (χ4v) is 2.01. The first-order chi connectivity index (χ1) is 12.3. The quantitative estimate of drug-likeness (QED) is 0.363. The molecule has 134 valence electrons. The van der Waals surface area contributed by atoms with E-state index in [2.05, 4.69) is 10.4 Å². The maximum absolute atomic E-state index is 11.8. The van der Waals surface area contributed by atoms with Gasteiger partial charge in [0.25, 0.3) is 5.69 Å². The molecule has 0 saturated heterocycles. The maximum Gasteiger partial charge on any atom is 0.329 e. The van der Waals surface area contributed by atoms with E-state index < -0.39 is 28.2 Å². The molecule has 0 heterocycles. The zero-order valence-corrected chi connectivity index (χ0v) is 14.1. The van der Waals surface area contributed by atoms with Crippen LogP contribution in [0.3, 0.4) is 0 Å². The average molecular weight is 376 g/mol. The molecule has 0 saturated carbocycles. The number of hydrogen-bond acceptors (Lipinski definition) is 6. The van der Waals surface area contributed by atoms with Gasteiger partial charge in [0.1, 0.15) is 0 Å². The molecular weight excluding hydrogens is 364 g/mol. The van der Waals surface area contributed by atoms with Crippen molar-refractivity contribution in [1.82, 2.24) is 5.43 Å². The van der Waals surface area contributed by atoms with Gasteiger partial charge in [0.05, 0.1) is 11.1 Å². The summed E-state index contributed by atoms with van der Waals surface area (Å²) in [7, 11) is 0. The molecule has 0 bridgehead atoms. The van der Waals surface area contributed by atoms with Crippen molar-refractivity contribution in [2.75, 3.05) is 5.32 Å². The van der Waals surface area contributed by atoms with Crippen LogP contribution >= 0.6 is 11.6 Å². The molecule has 0 radical (unpaired) electrons. The molecule has 26 heavy (non-hydrogen) atoms. The number of carbonyl (C=O) groups excluding carboxylic acids is 2. The molecule has 0 aliphatic carbocycles. The van der Waals surface area contributed by atoms with E-state index in [0.717, 1.165) is 23.9 Å². The SMILES string of the molecule is Cc1ccc(NC(=O)C(=O)N/N=C\c2ccc([O-])c([N+](=O)[O-])c2)cc1Cl. The number of benzene rings is 2. The Kier molecular flexibility index (Phi) is 5.86. The van der Waals surface area contributed by atoms with E-state index in [9.17, 15) is 24.8 Å². The van der Waals surface area contributed by atoms with Crippen LogP contribution in [0.1, 0.15) is 11.1 Å². The molecule has 0 aromatic heterocycles. The molecule has 2 amide bonds. The molecule has 9 nitrogen and oxygen atoms in total. The smallest absolute Gasteiger partial charge is 0.329 e. The number of hydrogen-bond donors (Lipinski definition) is 2. The van der Waals surface area contributed by atoms with Crippen LogP contribution < -0.4 is 15.8 Å². The lowest BCUT2D eigenvalue weighted by Gasteiger charge is -2.06. The summed E-state index contributed by atoms with van der Waals surface area (Å²) in [4.78, 5) is 33.3. The number of hydrazone groups is 1. The van der Waals surface area contributed by atoms with Crippen LogP contribution in [0.5, 0.6) is 5.75 Å². The van der Waals surface area contributed by atoms with Crippen molar-refractivity contribution in [3.63, 3.8) is 0 Å². The molecule has 0 fully saturated rings. The van der Waals surface area contributed by atoms with E-state index in [-0.39, 0.29) is 5.56 Å². The number of nitrogens with one attached hydrogen (secondary N) is 2. The van der Waals surface area contributed by atoms with Crippen LogP contribution in [0.15, 0.2) is 41.5 Å². The second kappa shape index (κ2) is 8.08. The number of nitrogens with zero attached hydrogens (tertiary/aromatic N) is 2. The van der Waals surface area contributed by atoms with Crippen LogP contribution in [-0.4, -0.2) is 23.0 Å². The topological polar surface area (TPSA) is 137 Å². The summed E-state index contributed by atoms with van der Waals surface area (Å²) in [6.07, 6.45) is 1.07. The fraction of sp³-hybridized carbons (Fsp3) is 0.0625. The van der Waals surface area contributed by atoms with Gasteiger partial charge in [-0.25, -0.2) is 5.43 Å². The van der Waals surface area contributed by atoms with Gasteiger partial charge in [0.15, 0.2) is 0 Å². The van der Waals surface area contributed by atoms with Gasteiger partial charge in [-0.1, -0.05) is 29.8 Å². The zero-order chi connectivity index (χ0) is 19.3. The highest BCUT2D eigenvalue weighted by molar-refractivity contribution is 6.39. The summed E-state index contributed by atoms with van der Waals surface area (Å²) in [5.74, 6) is -2.76. The van der Waals surface area contributed by atoms with E-state index in [1.165, 1.54) is 12.1 Å². The molecule has 0 spiro atoms. The van der Waals surface area contributed by atoms with Crippen molar-refractivity contribution >= 4 is 41.0 Å². The van der Waals surface area contributed by atoms with Crippen molar-refractivity contribution in [2.24, 2.45) is 5.10 Å². The van der Waals surface area contributed by atoms with Gasteiger partial charge in [-0.2, -0.15) is 5.10 Å². The first kappa shape index (κ1) is 18.9. The van der Waals surface area contributed by atoms with Crippen LogP contribution in [-0.2, 0) is 9.59 Å². The van der Waals surface area contributed by atoms with E-state index >= 15 is 0 Å². The predicted octanol–water partition coefficient (Wildman–Crippen LogP) is 1.72. The molecule has 0 aliphatic heterocycles. The summed E-state index contributed by atoms with van der Waals surface area (Å²) in [6, 6.07) is 8.07. The Morgan fingerprint density at radius 3 is 2.58 bits per heavy atom.